The normalized spacial score (nSPS) is 32.6. The van der Waals surface area contributed by atoms with Crippen LogP contribution < -0.4 is 9.64 Å². The monoisotopic (exact) mass is 574 g/mol. The number of likely N-dealkylation sites (tertiary alicyclic amines) is 1. The number of benzene rings is 2. The van der Waals surface area contributed by atoms with Crippen LogP contribution in [0.3, 0.4) is 0 Å². The zero-order valence-electron chi connectivity index (χ0n) is 23.1. The Hall–Kier alpha value is -3.56. The molecule has 6 rings (SSSR count). The van der Waals surface area contributed by atoms with E-state index in [2.05, 4.69) is 6.08 Å². The Morgan fingerprint density at radius 1 is 1.02 bits per heavy atom. The quantitative estimate of drug-likeness (QED) is 0.427. The molecule has 4 aliphatic heterocycles. The minimum atomic E-state index is -1.04. The van der Waals surface area contributed by atoms with Crippen LogP contribution in [0, 0.1) is 11.8 Å². The lowest BCUT2D eigenvalue weighted by Gasteiger charge is -2.40. The van der Waals surface area contributed by atoms with E-state index in [-0.39, 0.29) is 25.0 Å². The zero-order valence-corrected chi connectivity index (χ0v) is 24.0. The number of carbonyl (C=O) groups excluding carboxylic acids is 3. The van der Waals surface area contributed by atoms with Crippen LogP contribution in [0.25, 0.3) is 0 Å². The van der Waals surface area contributed by atoms with Crippen LogP contribution in [-0.2, 0) is 19.1 Å². The predicted octanol–water partition coefficient (Wildman–Crippen LogP) is 3.91. The number of thioether (sulfide) groups is 1. The summed E-state index contributed by atoms with van der Waals surface area (Å²) in [5.74, 6) is -1.96. The van der Waals surface area contributed by atoms with E-state index < -0.39 is 39.4 Å². The van der Waals surface area contributed by atoms with E-state index in [0.717, 1.165) is 12.0 Å². The van der Waals surface area contributed by atoms with E-state index in [0.29, 0.717) is 24.4 Å². The Labute approximate surface area is 244 Å². The molecule has 0 radical (unpaired) electrons. The number of hydrogen-bond donors (Lipinski definition) is 1. The molecule has 0 aliphatic carbocycles. The molecule has 0 bridgehead atoms. The smallest absolute Gasteiger partial charge is 0.311 e. The highest BCUT2D eigenvalue weighted by Gasteiger charge is 2.74. The number of hydrogen-bond acceptors (Lipinski definition) is 7. The maximum Gasteiger partial charge on any atom is 0.311 e. The summed E-state index contributed by atoms with van der Waals surface area (Å²) in [6, 6.07) is 14.8. The second-order valence-corrected chi connectivity index (χ2v) is 12.9. The minimum absolute atomic E-state index is 0.259. The molecule has 4 aliphatic rings. The standard InChI is InChI=1S/C32H34N2O6S/c1-31-16-7-4-8-19-40-30(38)26(31)25-28(36)34(24(20-35)21-10-5-3-6-11-21)27-29(37)33(18-9-17-32(25,27)41-31)22-12-14-23(39-2)15-13-22/h3,5-7,9-17,24-27,35H,4,8,18-20H2,1-2H3/b16-7-/t24-,25+,26+,27?,31-,32+/m1/s1. The van der Waals surface area contributed by atoms with Crippen molar-refractivity contribution in [2.24, 2.45) is 11.8 Å². The molecule has 0 saturated carbocycles. The van der Waals surface area contributed by atoms with Crippen molar-refractivity contribution in [1.82, 2.24) is 4.90 Å². The van der Waals surface area contributed by atoms with E-state index >= 15 is 0 Å². The summed E-state index contributed by atoms with van der Waals surface area (Å²) in [6.07, 6.45) is 9.46. The van der Waals surface area contributed by atoms with Gasteiger partial charge in [-0.3, -0.25) is 14.4 Å². The second-order valence-electron chi connectivity index (χ2n) is 11.1. The largest absolute Gasteiger partial charge is 0.497 e. The van der Waals surface area contributed by atoms with Crippen LogP contribution >= 0.6 is 11.8 Å². The number of esters is 1. The molecule has 8 nitrogen and oxygen atoms in total. The SMILES string of the molecule is COc1ccc(N2CC=C[C@]34S[C@]5(C)/C=C\CCCOC(=O)[C@@H]5[C@H]3C(=O)N([C@H](CO)c3ccccc3)C4C2=O)cc1. The predicted molar refractivity (Wildman–Crippen MR) is 156 cm³/mol. The Kier molecular flexibility index (Phi) is 7.20. The van der Waals surface area contributed by atoms with Gasteiger partial charge in [0.15, 0.2) is 0 Å². The van der Waals surface area contributed by atoms with Gasteiger partial charge in [0.05, 0.1) is 42.9 Å². The van der Waals surface area contributed by atoms with Crippen molar-refractivity contribution in [3.8, 4) is 5.75 Å². The highest BCUT2D eigenvalue weighted by Crippen LogP contribution is 2.66. The minimum Gasteiger partial charge on any atom is -0.497 e. The summed E-state index contributed by atoms with van der Waals surface area (Å²) in [7, 11) is 1.59. The summed E-state index contributed by atoms with van der Waals surface area (Å²) in [6.45, 7) is 2.18. The molecule has 2 aromatic rings. The molecule has 2 aromatic carbocycles. The highest BCUT2D eigenvalue weighted by molar-refractivity contribution is 8.02. The number of allylic oxidation sites excluding steroid dienone is 1. The molecule has 2 saturated heterocycles. The van der Waals surface area contributed by atoms with Crippen molar-refractivity contribution >= 4 is 35.2 Å². The molecular weight excluding hydrogens is 540 g/mol. The lowest BCUT2D eigenvalue weighted by atomic mass is 9.74. The number of rotatable bonds is 5. The average molecular weight is 575 g/mol. The molecule has 214 valence electrons. The van der Waals surface area contributed by atoms with Crippen LogP contribution in [0.5, 0.6) is 5.75 Å². The molecule has 2 fully saturated rings. The van der Waals surface area contributed by atoms with E-state index in [1.807, 2.05) is 67.6 Å². The van der Waals surface area contributed by atoms with E-state index in [1.165, 1.54) is 11.8 Å². The zero-order chi connectivity index (χ0) is 28.8. The average Bonchev–Trinajstić information content (AvgIpc) is 3.33. The lowest BCUT2D eigenvalue weighted by molar-refractivity contribution is -0.154. The topological polar surface area (TPSA) is 96.4 Å². The van der Waals surface area contributed by atoms with Gasteiger partial charge >= 0.3 is 5.97 Å². The number of nitrogens with zero attached hydrogens (tertiary/aromatic N) is 2. The summed E-state index contributed by atoms with van der Waals surface area (Å²) < 4.78 is 9.22. The van der Waals surface area contributed by atoms with Crippen LogP contribution in [0.2, 0.25) is 0 Å². The van der Waals surface area contributed by atoms with Crippen molar-refractivity contribution in [2.45, 2.75) is 41.3 Å². The van der Waals surface area contributed by atoms with Gasteiger partial charge in [-0.25, -0.2) is 0 Å². The fraction of sp³-hybridized carbons (Fsp3) is 0.406. The number of fused-ring (bicyclic) bond motifs is 2. The summed E-state index contributed by atoms with van der Waals surface area (Å²) in [5, 5.41) is 10.7. The van der Waals surface area contributed by atoms with Crippen molar-refractivity contribution < 1.29 is 29.0 Å². The maximum atomic E-state index is 14.7. The third-order valence-electron chi connectivity index (χ3n) is 8.77. The maximum absolute atomic E-state index is 14.7. The molecule has 1 spiro atoms. The molecule has 6 atom stereocenters. The van der Waals surface area contributed by atoms with Crippen LogP contribution in [0.15, 0.2) is 78.9 Å². The van der Waals surface area contributed by atoms with Gasteiger partial charge in [-0.2, -0.15) is 0 Å². The molecule has 4 heterocycles. The van der Waals surface area contributed by atoms with Crippen molar-refractivity contribution in [3.63, 3.8) is 0 Å². The van der Waals surface area contributed by atoms with E-state index in [4.69, 9.17) is 9.47 Å². The van der Waals surface area contributed by atoms with Gasteiger partial charge in [0.1, 0.15) is 11.8 Å². The van der Waals surface area contributed by atoms with E-state index in [1.54, 1.807) is 29.0 Å². The Morgan fingerprint density at radius 3 is 2.49 bits per heavy atom. The van der Waals surface area contributed by atoms with Crippen LogP contribution in [-0.4, -0.2) is 70.2 Å². The molecular formula is C32H34N2O6S. The first-order valence-corrected chi connectivity index (χ1v) is 14.8. The fourth-order valence-corrected chi connectivity index (χ4v) is 9.07. The molecule has 0 aromatic heterocycles. The number of ether oxygens (including phenoxy) is 2. The first kappa shape index (κ1) is 27.6. The molecule has 1 unspecified atom stereocenters. The van der Waals surface area contributed by atoms with Gasteiger partial charge in [0, 0.05) is 17.0 Å². The molecule has 1 N–H and O–H groups in total. The number of carbonyl (C=O) groups is 3. The van der Waals surface area contributed by atoms with Crippen molar-refractivity contribution in [1.29, 1.82) is 0 Å². The lowest BCUT2D eigenvalue weighted by Crippen LogP contribution is -2.54. The number of amides is 2. The number of aliphatic hydroxyl groups excluding tert-OH is 1. The van der Waals surface area contributed by atoms with Crippen molar-refractivity contribution in [3.05, 3.63) is 84.5 Å². The summed E-state index contributed by atoms with van der Waals surface area (Å²) >= 11 is 1.50. The van der Waals surface area contributed by atoms with Crippen molar-refractivity contribution in [2.75, 3.05) is 31.8 Å². The molecule has 9 heteroatoms. The Bertz CT molecular complexity index is 1390. The highest BCUT2D eigenvalue weighted by atomic mass is 32.2. The van der Waals surface area contributed by atoms with Crippen LogP contribution in [0.4, 0.5) is 5.69 Å². The third-order valence-corrected chi connectivity index (χ3v) is 10.6. The van der Waals surface area contributed by atoms with Gasteiger partial charge in [-0.05, 0) is 49.6 Å². The second kappa shape index (κ2) is 10.7. The van der Waals surface area contributed by atoms with Gasteiger partial charge in [0.25, 0.3) is 5.91 Å². The summed E-state index contributed by atoms with van der Waals surface area (Å²) in [5.41, 5.74) is 1.39. The first-order valence-electron chi connectivity index (χ1n) is 14.0. The van der Waals surface area contributed by atoms with Gasteiger partial charge in [0.2, 0.25) is 5.91 Å². The third kappa shape index (κ3) is 4.37. The van der Waals surface area contributed by atoms with Gasteiger partial charge in [-0.1, -0.05) is 54.6 Å². The summed E-state index contributed by atoms with van der Waals surface area (Å²) in [4.78, 5) is 46.3. The Morgan fingerprint density at radius 2 is 1.78 bits per heavy atom. The van der Waals surface area contributed by atoms with Gasteiger partial charge in [-0.15, -0.1) is 11.8 Å². The number of methoxy groups -OCH3 is 1. The van der Waals surface area contributed by atoms with Crippen LogP contribution in [0.1, 0.15) is 31.4 Å². The van der Waals surface area contributed by atoms with E-state index in [9.17, 15) is 19.5 Å². The molecule has 2 amide bonds. The first-order chi connectivity index (χ1) is 19.8. The Balaban J connectivity index is 1.52. The number of cyclic esters (lactones) is 1. The number of aliphatic hydroxyl groups is 1. The number of anilines is 1. The van der Waals surface area contributed by atoms with Gasteiger partial charge < -0.3 is 24.4 Å². The molecule has 41 heavy (non-hydrogen) atoms. The fourth-order valence-electron chi connectivity index (χ4n) is 6.93.